The maximum Gasteiger partial charge on any atom is 0.175 e. The number of nitrogens with zero attached hydrogens (tertiary/aromatic N) is 2. The van der Waals surface area contributed by atoms with Crippen molar-refractivity contribution in [1.82, 2.24) is 9.78 Å². The van der Waals surface area contributed by atoms with Crippen LogP contribution >= 0.6 is 15.9 Å². The average molecular weight is 329 g/mol. The maximum absolute atomic E-state index is 11.3. The Balaban J connectivity index is 2.28. The molecule has 96 valence electrons. The zero-order chi connectivity index (χ0) is 13.2. The molecule has 18 heavy (non-hydrogen) atoms. The lowest BCUT2D eigenvalue weighted by molar-refractivity contribution is 0.602. The summed E-state index contributed by atoms with van der Waals surface area (Å²) in [6.45, 7) is 0. The second-order valence-electron chi connectivity index (χ2n) is 4.00. The smallest absolute Gasteiger partial charge is 0.175 e. The van der Waals surface area contributed by atoms with Crippen molar-refractivity contribution in [1.29, 1.82) is 0 Å². The molecule has 0 aliphatic carbocycles. The molecule has 2 aromatic rings. The fourth-order valence-corrected chi connectivity index (χ4v) is 2.67. The van der Waals surface area contributed by atoms with E-state index >= 15 is 0 Å². The van der Waals surface area contributed by atoms with Gasteiger partial charge < -0.3 is 0 Å². The predicted molar refractivity (Wildman–Crippen MR) is 74.2 cm³/mol. The van der Waals surface area contributed by atoms with Crippen LogP contribution in [-0.2, 0) is 16.3 Å². The van der Waals surface area contributed by atoms with Crippen molar-refractivity contribution in [2.45, 2.75) is 11.3 Å². The Morgan fingerprint density at radius 1 is 1.28 bits per heavy atom. The van der Waals surface area contributed by atoms with Crippen LogP contribution in [0.1, 0.15) is 5.56 Å². The first kappa shape index (κ1) is 13.3. The number of hydrogen-bond acceptors (Lipinski definition) is 3. The van der Waals surface area contributed by atoms with Gasteiger partial charge in [0.1, 0.15) is 0 Å². The van der Waals surface area contributed by atoms with E-state index in [9.17, 15) is 8.42 Å². The number of aryl methyl sites for hydroxylation is 1. The molecule has 0 aliphatic rings. The number of sulfone groups is 1. The summed E-state index contributed by atoms with van der Waals surface area (Å²) in [6.07, 6.45) is 5.87. The van der Waals surface area contributed by atoms with E-state index in [-0.39, 0.29) is 0 Å². The Hall–Kier alpha value is -1.14. The molecule has 0 N–H and O–H groups in total. The molecule has 0 spiro atoms. The van der Waals surface area contributed by atoms with Gasteiger partial charge in [-0.25, -0.2) is 13.1 Å². The molecule has 1 aromatic carbocycles. The molecule has 4 nitrogen and oxygen atoms in total. The monoisotopic (exact) mass is 328 g/mol. The molecule has 0 saturated carbocycles. The van der Waals surface area contributed by atoms with Gasteiger partial charge in [-0.1, -0.05) is 15.9 Å². The number of rotatable bonds is 4. The topological polar surface area (TPSA) is 52.0 Å². The number of alkyl halides is 1. The van der Waals surface area contributed by atoms with Gasteiger partial charge in [-0.2, -0.15) is 5.10 Å². The minimum atomic E-state index is -3.14. The van der Waals surface area contributed by atoms with Gasteiger partial charge in [-0.15, -0.1) is 0 Å². The van der Waals surface area contributed by atoms with E-state index in [4.69, 9.17) is 0 Å². The summed E-state index contributed by atoms with van der Waals surface area (Å²) in [5, 5.41) is 5.14. The standard InChI is InChI=1S/C12H13BrN2O2S/c1-18(16,17)12-4-2-11(3-5-12)15-9-10(6-7-13)8-14-15/h2-5,8-9H,6-7H2,1H3. The molecule has 0 unspecified atom stereocenters. The van der Waals surface area contributed by atoms with Crippen molar-refractivity contribution in [3.8, 4) is 5.69 Å². The first-order valence-electron chi connectivity index (χ1n) is 5.41. The summed E-state index contributed by atoms with van der Waals surface area (Å²) < 4.78 is 24.4. The predicted octanol–water partition coefficient (Wildman–Crippen LogP) is 2.21. The molecule has 0 saturated heterocycles. The van der Waals surface area contributed by atoms with Gasteiger partial charge in [0, 0.05) is 17.8 Å². The summed E-state index contributed by atoms with van der Waals surface area (Å²) in [7, 11) is -3.14. The summed E-state index contributed by atoms with van der Waals surface area (Å²) in [5.41, 5.74) is 1.99. The quantitative estimate of drug-likeness (QED) is 0.808. The SMILES string of the molecule is CS(=O)(=O)c1ccc(-n2cc(CCBr)cn2)cc1. The van der Waals surface area contributed by atoms with E-state index in [2.05, 4.69) is 21.0 Å². The summed E-state index contributed by atoms with van der Waals surface area (Å²) in [5.74, 6) is 0. The van der Waals surface area contributed by atoms with Crippen LogP contribution in [0.5, 0.6) is 0 Å². The molecule has 0 fully saturated rings. The van der Waals surface area contributed by atoms with E-state index < -0.39 is 9.84 Å². The Kier molecular flexibility index (Phi) is 3.87. The van der Waals surface area contributed by atoms with Crippen molar-refractivity contribution in [3.63, 3.8) is 0 Å². The van der Waals surface area contributed by atoms with Gasteiger partial charge in [0.2, 0.25) is 0 Å². The Labute approximate surface area is 115 Å². The van der Waals surface area contributed by atoms with E-state index in [1.165, 1.54) is 6.26 Å². The Morgan fingerprint density at radius 2 is 1.94 bits per heavy atom. The fraction of sp³-hybridized carbons (Fsp3) is 0.250. The molecular formula is C12H13BrN2O2S. The largest absolute Gasteiger partial charge is 0.241 e. The van der Waals surface area contributed by atoms with Gasteiger partial charge in [0.05, 0.1) is 16.8 Å². The molecule has 0 aliphatic heterocycles. The fourth-order valence-electron chi connectivity index (χ4n) is 1.59. The number of hydrogen-bond donors (Lipinski definition) is 0. The zero-order valence-corrected chi connectivity index (χ0v) is 12.3. The van der Waals surface area contributed by atoms with Crippen molar-refractivity contribution in [2.75, 3.05) is 11.6 Å². The van der Waals surface area contributed by atoms with Crippen molar-refractivity contribution < 1.29 is 8.42 Å². The van der Waals surface area contributed by atoms with Gasteiger partial charge in [-0.3, -0.25) is 0 Å². The van der Waals surface area contributed by atoms with Crippen LogP contribution in [0.15, 0.2) is 41.6 Å². The molecule has 6 heteroatoms. The van der Waals surface area contributed by atoms with E-state index in [1.807, 2.05) is 12.4 Å². The summed E-state index contributed by atoms with van der Waals surface area (Å²) in [6, 6.07) is 6.69. The molecule has 0 radical (unpaired) electrons. The number of benzene rings is 1. The lowest BCUT2D eigenvalue weighted by Gasteiger charge is -2.02. The molecular weight excluding hydrogens is 316 g/mol. The molecule has 2 rings (SSSR count). The van der Waals surface area contributed by atoms with Crippen LogP contribution in [0.2, 0.25) is 0 Å². The van der Waals surface area contributed by atoms with Gasteiger partial charge in [0.25, 0.3) is 0 Å². The molecule has 0 atom stereocenters. The molecule has 0 bridgehead atoms. The van der Waals surface area contributed by atoms with Gasteiger partial charge >= 0.3 is 0 Å². The van der Waals surface area contributed by atoms with E-state index in [0.29, 0.717) is 4.90 Å². The first-order chi connectivity index (χ1) is 8.50. The third-order valence-corrected chi connectivity index (χ3v) is 4.07. The van der Waals surface area contributed by atoms with Crippen LogP contribution in [0.4, 0.5) is 0 Å². The minimum absolute atomic E-state index is 0.319. The second kappa shape index (κ2) is 5.24. The average Bonchev–Trinajstić information content (AvgIpc) is 2.77. The highest BCUT2D eigenvalue weighted by atomic mass is 79.9. The van der Waals surface area contributed by atoms with E-state index in [1.54, 1.807) is 28.9 Å². The number of halogens is 1. The van der Waals surface area contributed by atoms with Crippen molar-refractivity contribution in [2.24, 2.45) is 0 Å². The lowest BCUT2D eigenvalue weighted by atomic mass is 10.3. The third-order valence-electron chi connectivity index (χ3n) is 2.55. The highest BCUT2D eigenvalue weighted by Crippen LogP contribution is 2.14. The minimum Gasteiger partial charge on any atom is -0.241 e. The highest BCUT2D eigenvalue weighted by molar-refractivity contribution is 9.09. The zero-order valence-electron chi connectivity index (χ0n) is 9.88. The Bertz CT molecular complexity index is 632. The van der Waals surface area contributed by atoms with Gasteiger partial charge in [-0.05, 0) is 36.2 Å². The second-order valence-corrected chi connectivity index (χ2v) is 6.81. The third kappa shape index (κ3) is 3.00. The summed E-state index contributed by atoms with van der Waals surface area (Å²) in [4.78, 5) is 0.319. The van der Waals surface area contributed by atoms with Gasteiger partial charge in [0.15, 0.2) is 9.84 Å². The Morgan fingerprint density at radius 3 is 2.50 bits per heavy atom. The lowest BCUT2D eigenvalue weighted by Crippen LogP contribution is -1.99. The first-order valence-corrected chi connectivity index (χ1v) is 8.42. The molecule has 0 amide bonds. The molecule has 1 heterocycles. The molecule has 1 aromatic heterocycles. The van der Waals surface area contributed by atoms with E-state index in [0.717, 1.165) is 23.0 Å². The normalized spacial score (nSPS) is 11.7. The van der Waals surface area contributed by atoms with Crippen LogP contribution in [0, 0.1) is 0 Å². The maximum atomic E-state index is 11.3. The highest BCUT2D eigenvalue weighted by Gasteiger charge is 2.07. The van der Waals surface area contributed by atoms with Crippen LogP contribution in [0.3, 0.4) is 0 Å². The van der Waals surface area contributed by atoms with Crippen LogP contribution < -0.4 is 0 Å². The number of aromatic nitrogens is 2. The van der Waals surface area contributed by atoms with Crippen LogP contribution in [0.25, 0.3) is 5.69 Å². The van der Waals surface area contributed by atoms with Crippen LogP contribution in [-0.4, -0.2) is 29.8 Å². The summed E-state index contributed by atoms with van der Waals surface area (Å²) >= 11 is 3.38. The van der Waals surface area contributed by atoms with Crippen molar-refractivity contribution in [3.05, 3.63) is 42.2 Å². The van der Waals surface area contributed by atoms with Crippen molar-refractivity contribution >= 4 is 25.8 Å².